The molecule has 7 nitrogen and oxygen atoms in total. The number of morpholine rings is 1. The SMILES string of the molecule is CCC(CN1CCOCC1)n1cncc1-c1cc2c(cc1OC)OCCCO2.Cl. The lowest BCUT2D eigenvalue weighted by Crippen LogP contribution is -2.39. The van der Waals surface area contributed by atoms with E-state index < -0.39 is 0 Å². The molecule has 160 valence electrons. The number of rotatable bonds is 6. The Morgan fingerprint density at radius 3 is 2.52 bits per heavy atom. The number of methoxy groups -OCH3 is 1. The number of aromatic nitrogens is 2. The lowest BCUT2D eigenvalue weighted by Gasteiger charge is -2.31. The van der Waals surface area contributed by atoms with Crippen molar-refractivity contribution in [3.8, 4) is 28.5 Å². The minimum atomic E-state index is 0. The highest BCUT2D eigenvalue weighted by Gasteiger charge is 2.23. The molecule has 0 amide bonds. The smallest absolute Gasteiger partial charge is 0.164 e. The molecular formula is C21H30ClN3O4. The molecule has 4 rings (SSSR count). The van der Waals surface area contributed by atoms with Gasteiger partial charge in [-0.05, 0) is 12.5 Å². The van der Waals surface area contributed by atoms with Crippen LogP contribution in [-0.2, 0) is 4.74 Å². The predicted molar refractivity (Wildman–Crippen MR) is 114 cm³/mol. The lowest BCUT2D eigenvalue weighted by atomic mass is 10.1. The fraction of sp³-hybridized carbons (Fsp3) is 0.571. The summed E-state index contributed by atoms with van der Waals surface area (Å²) in [6.45, 7) is 8.10. The lowest BCUT2D eigenvalue weighted by molar-refractivity contribution is 0.0313. The zero-order valence-electron chi connectivity index (χ0n) is 17.1. The average molecular weight is 424 g/mol. The summed E-state index contributed by atoms with van der Waals surface area (Å²) in [6.07, 6.45) is 5.73. The fourth-order valence-corrected chi connectivity index (χ4v) is 3.86. The minimum absolute atomic E-state index is 0. The van der Waals surface area contributed by atoms with Crippen molar-refractivity contribution >= 4 is 12.4 Å². The van der Waals surface area contributed by atoms with Crippen LogP contribution in [-0.4, -0.2) is 67.6 Å². The first-order valence-electron chi connectivity index (χ1n) is 10.1. The molecule has 2 aliphatic heterocycles. The molecule has 8 heteroatoms. The summed E-state index contributed by atoms with van der Waals surface area (Å²) < 4.78 is 25.2. The van der Waals surface area contributed by atoms with Crippen molar-refractivity contribution < 1.29 is 18.9 Å². The molecular weight excluding hydrogens is 394 g/mol. The second-order valence-electron chi connectivity index (χ2n) is 7.21. The number of halogens is 1. The Morgan fingerprint density at radius 2 is 1.83 bits per heavy atom. The van der Waals surface area contributed by atoms with E-state index in [-0.39, 0.29) is 12.4 Å². The van der Waals surface area contributed by atoms with Crippen LogP contribution in [0.1, 0.15) is 25.8 Å². The van der Waals surface area contributed by atoms with Crippen molar-refractivity contribution in [1.82, 2.24) is 14.5 Å². The number of hydrogen-bond donors (Lipinski definition) is 0. The first kappa shape index (κ1) is 21.7. The second-order valence-corrected chi connectivity index (χ2v) is 7.21. The third kappa shape index (κ3) is 4.79. The Labute approximate surface area is 178 Å². The van der Waals surface area contributed by atoms with Gasteiger partial charge in [-0.15, -0.1) is 12.4 Å². The van der Waals surface area contributed by atoms with Crippen LogP contribution < -0.4 is 14.2 Å². The molecule has 1 aromatic carbocycles. The summed E-state index contributed by atoms with van der Waals surface area (Å²) in [5, 5.41) is 0. The van der Waals surface area contributed by atoms with Crippen LogP contribution >= 0.6 is 12.4 Å². The molecule has 1 fully saturated rings. The third-order valence-corrected chi connectivity index (χ3v) is 5.45. The number of fused-ring (bicyclic) bond motifs is 1. The number of hydrogen-bond acceptors (Lipinski definition) is 6. The Hall–Kier alpha value is -1.96. The van der Waals surface area contributed by atoms with E-state index in [0.717, 1.165) is 74.2 Å². The first-order valence-corrected chi connectivity index (χ1v) is 10.1. The molecule has 0 bridgehead atoms. The maximum absolute atomic E-state index is 5.90. The summed E-state index contributed by atoms with van der Waals surface area (Å²) in [5.74, 6) is 2.28. The van der Waals surface area contributed by atoms with Crippen LogP contribution in [0.25, 0.3) is 11.3 Å². The number of benzene rings is 1. The number of nitrogens with zero attached hydrogens (tertiary/aromatic N) is 3. The zero-order chi connectivity index (χ0) is 19.3. The summed E-state index contributed by atoms with van der Waals surface area (Å²) in [5.41, 5.74) is 2.01. The molecule has 1 unspecified atom stereocenters. The maximum atomic E-state index is 5.90. The topological polar surface area (TPSA) is 58.0 Å². The zero-order valence-corrected chi connectivity index (χ0v) is 18.0. The third-order valence-electron chi connectivity index (χ3n) is 5.45. The predicted octanol–water partition coefficient (Wildman–Crippen LogP) is 3.43. The highest BCUT2D eigenvalue weighted by molar-refractivity contribution is 5.85. The van der Waals surface area contributed by atoms with Gasteiger partial charge in [-0.2, -0.15) is 0 Å². The molecule has 1 aromatic heterocycles. The van der Waals surface area contributed by atoms with Gasteiger partial charge in [-0.3, -0.25) is 4.90 Å². The quantitative estimate of drug-likeness (QED) is 0.709. The van der Waals surface area contributed by atoms with Crippen molar-refractivity contribution in [2.24, 2.45) is 0 Å². The Balaban J connectivity index is 0.00000240. The largest absolute Gasteiger partial charge is 0.496 e. The van der Waals surface area contributed by atoms with Gasteiger partial charge in [0.15, 0.2) is 11.5 Å². The molecule has 0 aliphatic carbocycles. The molecule has 1 atom stereocenters. The molecule has 0 saturated carbocycles. The van der Waals surface area contributed by atoms with Crippen LogP contribution in [0.4, 0.5) is 0 Å². The van der Waals surface area contributed by atoms with Gasteiger partial charge in [-0.25, -0.2) is 4.98 Å². The molecule has 3 heterocycles. The second kappa shape index (κ2) is 10.2. The molecule has 2 aromatic rings. The molecule has 29 heavy (non-hydrogen) atoms. The van der Waals surface area contributed by atoms with Crippen LogP contribution in [0, 0.1) is 0 Å². The fourth-order valence-electron chi connectivity index (χ4n) is 3.86. The van der Waals surface area contributed by atoms with E-state index in [1.807, 2.05) is 24.7 Å². The monoisotopic (exact) mass is 423 g/mol. The van der Waals surface area contributed by atoms with Crippen molar-refractivity contribution in [1.29, 1.82) is 0 Å². The molecule has 2 aliphatic rings. The summed E-state index contributed by atoms with van der Waals surface area (Å²) in [6, 6.07) is 4.28. The highest BCUT2D eigenvalue weighted by atomic mass is 35.5. The van der Waals surface area contributed by atoms with Crippen LogP contribution in [0.15, 0.2) is 24.7 Å². The van der Waals surface area contributed by atoms with Crippen molar-refractivity contribution in [2.45, 2.75) is 25.8 Å². The van der Waals surface area contributed by atoms with Gasteiger partial charge in [0.1, 0.15) is 5.75 Å². The Bertz CT molecular complexity index is 792. The molecule has 1 saturated heterocycles. The standard InChI is InChI=1S/C21H29N3O4.ClH/c1-3-16(14-23-5-9-26-10-6-23)24-15-22-13-18(24)17-11-20-21(12-19(17)25-2)28-8-4-7-27-20;/h11-13,15-16H,3-10,14H2,1-2H3;1H. The Morgan fingerprint density at radius 1 is 1.10 bits per heavy atom. The van der Waals surface area contributed by atoms with E-state index in [1.165, 1.54) is 0 Å². The van der Waals surface area contributed by atoms with Gasteiger partial charge < -0.3 is 23.5 Å². The van der Waals surface area contributed by atoms with Crippen LogP contribution in [0.2, 0.25) is 0 Å². The van der Waals surface area contributed by atoms with Crippen molar-refractivity contribution in [2.75, 3.05) is 53.2 Å². The summed E-state index contributed by atoms with van der Waals surface area (Å²) >= 11 is 0. The molecule has 0 N–H and O–H groups in total. The van der Waals surface area contributed by atoms with E-state index in [4.69, 9.17) is 18.9 Å². The first-order chi connectivity index (χ1) is 13.8. The van der Waals surface area contributed by atoms with Crippen LogP contribution in [0.5, 0.6) is 17.2 Å². The van der Waals surface area contributed by atoms with E-state index in [9.17, 15) is 0 Å². The van der Waals surface area contributed by atoms with Crippen molar-refractivity contribution in [3.63, 3.8) is 0 Å². The Kier molecular flexibility index (Phi) is 7.64. The van der Waals surface area contributed by atoms with E-state index in [2.05, 4.69) is 21.4 Å². The highest BCUT2D eigenvalue weighted by Crippen LogP contribution is 2.41. The van der Waals surface area contributed by atoms with E-state index in [1.54, 1.807) is 7.11 Å². The van der Waals surface area contributed by atoms with Crippen LogP contribution in [0.3, 0.4) is 0 Å². The number of imidazole rings is 1. The number of ether oxygens (including phenoxy) is 4. The molecule has 0 spiro atoms. The van der Waals surface area contributed by atoms with Gasteiger partial charge in [0.25, 0.3) is 0 Å². The van der Waals surface area contributed by atoms with E-state index >= 15 is 0 Å². The molecule has 0 radical (unpaired) electrons. The van der Waals surface area contributed by atoms with Gasteiger partial charge in [0.2, 0.25) is 0 Å². The van der Waals surface area contributed by atoms with Crippen molar-refractivity contribution in [3.05, 3.63) is 24.7 Å². The summed E-state index contributed by atoms with van der Waals surface area (Å²) in [7, 11) is 1.69. The van der Waals surface area contributed by atoms with Gasteiger partial charge in [0.05, 0.1) is 51.8 Å². The maximum Gasteiger partial charge on any atom is 0.164 e. The normalized spacial score (nSPS) is 17.9. The minimum Gasteiger partial charge on any atom is -0.496 e. The van der Waals surface area contributed by atoms with Gasteiger partial charge >= 0.3 is 0 Å². The van der Waals surface area contributed by atoms with E-state index in [0.29, 0.717) is 19.3 Å². The van der Waals surface area contributed by atoms with Gasteiger partial charge in [0, 0.05) is 43.7 Å². The van der Waals surface area contributed by atoms with Gasteiger partial charge in [-0.1, -0.05) is 6.92 Å². The summed E-state index contributed by atoms with van der Waals surface area (Å²) in [4.78, 5) is 6.92. The average Bonchev–Trinajstić information content (AvgIpc) is 3.10.